The van der Waals surface area contributed by atoms with Crippen LogP contribution in [0.15, 0.2) is 36.4 Å². The lowest BCUT2D eigenvalue weighted by atomic mass is 10.0. The summed E-state index contributed by atoms with van der Waals surface area (Å²) >= 11 is 0. The number of nitrogens with one attached hydrogen (secondary N) is 2. The predicted octanol–water partition coefficient (Wildman–Crippen LogP) is 2.28. The molecule has 2 aromatic rings. The lowest BCUT2D eigenvalue weighted by molar-refractivity contribution is 0.0935. The molecule has 6 nitrogen and oxygen atoms in total. The van der Waals surface area contributed by atoms with E-state index in [0.29, 0.717) is 22.8 Å². The Morgan fingerprint density at radius 1 is 1.18 bits per heavy atom. The van der Waals surface area contributed by atoms with E-state index in [1.807, 2.05) is 30.3 Å². The van der Waals surface area contributed by atoms with Crippen molar-refractivity contribution in [1.82, 2.24) is 5.32 Å². The first kappa shape index (κ1) is 12.8. The van der Waals surface area contributed by atoms with Crippen molar-refractivity contribution in [2.75, 3.05) is 19.2 Å². The fourth-order valence-electron chi connectivity index (χ4n) is 2.69. The number of hydrogen-bond acceptors (Lipinski definition) is 5. The molecule has 2 aliphatic heterocycles. The van der Waals surface area contributed by atoms with Crippen LogP contribution < -0.4 is 24.8 Å². The number of carbonyl (C=O) groups excluding carboxylic acids is 1. The minimum atomic E-state index is -0.356. The summed E-state index contributed by atoms with van der Waals surface area (Å²) in [6, 6.07) is 11.1. The van der Waals surface area contributed by atoms with Gasteiger partial charge in [-0.05, 0) is 24.3 Å². The van der Waals surface area contributed by atoms with Gasteiger partial charge >= 0.3 is 0 Å². The Labute approximate surface area is 127 Å². The van der Waals surface area contributed by atoms with Gasteiger partial charge in [0.2, 0.25) is 12.5 Å². The predicted molar refractivity (Wildman–Crippen MR) is 79.4 cm³/mol. The van der Waals surface area contributed by atoms with Gasteiger partial charge in [0.1, 0.15) is 6.17 Å². The number of amides is 1. The topological polar surface area (TPSA) is 68.8 Å². The Morgan fingerprint density at radius 3 is 2.91 bits per heavy atom. The summed E-state index contributed by atoms with van der Waals surface area (Å²) in [4.78, 5) is 12.2. The zero-order valence-electron chi connectivity index (χ0n) is 11.9. The van der Waals surface area contributed by atoms with Gasteiger partial charge in [-0.2, -0.15) is 0 Å². The van der Waals surface area contributed by atoms with Crippen LogP contribution in [0.25, 0.3) is 0 Å². The van der Waals surface area contributed by atoms with Gasteiger partial charge in [-0.3, -0.25) is 4.79 Å². The van der Waals surface area contributed by atoms with E-state index in [2.05, 4.69) is 10.6 Å². The number of ether oxygens (including phenoxy) is 3. The van der Waals surface area contributed by atoms with Crippen LogP contribution in [0.4, 0.5) is 5.69 Å². The van der Waals surface area contributed by atoms with E-state index in [9.17, 15) is 4.79 Å². The standard InChI is InChI=1S/C16H14N2O4/c1-20-12-6-9(7-13-14(12)22-8-21-13)15-17-11-5-3-2-4-10(11)16(19)18-15/h2-7,15,17H,8H2,1H3,(H,18,19)/t15-/m1/s1. The molecule has 0 unspecified atom stereocenters. The van der Waals surface area contributed by atoms with Crippen molar-refractivity contribution in [3.05, 3.63) is 47.5 Å². The van der Waals surface area contributed by atoms with Crippen LogP contribution in [0, 0.1) is 0 Å². The Morgan fingerprint density at radius 2 is 2.05 bits per heavy atom. The first-order chi connectivity index (χ1) is 10.8. The number of fused-ring (bicyclic) bond motifs is 2. The maximum absolute atomic E-state index is 12.2. The highest BCUT2D eigenvalue weighted by molar-refractivity contribution is 6.01. The molecule has 0 aromatic heterocycles. The molecule has 2 N–H and O–H groups in total. The second-order valence-corrected chi connectivity index (χ2v) is 5.05. The van der Waals surface area contributed by atoms with E-state index < -0.39 is 0 Å². The second-order valence-electron chi connectivity index (χ2n) is 5.05. The quantitative estimate of drug-likeness (QED) is 0.890. The highest BCUT2D eigenvalue weighted by atomic mass is 16.7. The van der Waals surface area contributed by atoms with Crippen LogP contribution in [0.3, 0.4) is 0 Å². The molecule has 1 atom stereocenters. The maximum Gasteiger partial charge on any atom is 0.255 e. The highest BCUT2D eigenvalue weighted by Crippen LogP contribution is 2.43. The molecule has 22 heavy (non-hydrogen) atoms. The molecule has 112 valence electrons. The number of hydrogen-bond donors (Lipinski definition) is 2. The van der Waals surface area contributed by atoms with Gasteiger partial charge in [0.05, 0.1) is 12.7 Å². The maximum atomic E-state index is 12.2. The Hall–Kier alpha value is -2.89. The molecule has 0 saturated carbocycles. The van der Waals surface area contributed by atoms with Gasteiger partial charge in [0.25, 0.3) is 5.91 Å². The normalized spacial score (nSPS) is 18.2. The Kier molecular flexibility index (Phi) is 2.82. The zero-order valence-corrected chi connectivity index (χ0v) is 11.9. The largest absolute Gasteiger partial charge is 0.493 e. The number of para-hydroxylation sites is 1. The fraction of sp³-hybridized carbons (Fsp3) is 0.188. The van der Waals surface area contributed by atoms with Crippen LogP contribution in [0.1, 0.15) is 22.1 Å². The molecule has 0 saturated heterocycles. The monoisotopic (exact) mass is 298 g/mol. The second kappa shape index (κ2) is 4.84. The Bertz CT molecular complexity index is 760. The van der Waals surface area contributed by atoms with Gasteiger partial charge in [-0.15, -0.1) is 0 Å². The van der Waals surface area contributed by atoms with Gasteiger partial charge in [0.15, 0.2) is 11.5 Å². The highest BCUT2D eigenvalue weighted by Gasteiger charge is 2.27. The van der Waals surface area contributed by atoms with Crippen LogP contribution in [-0.4, -0.2) is 19.8 Å². The Balaban J connectivity index is 1.73. The number of carbonyl (C=O) groups is 1. The third-order valence-corrected chi connectivity index (χ3v) is 3.76. The molecule has 2 aliphatic rings. The van der Waals surface area contributed by atoms with Gasteiger partial charge in [-0.1, -0.05) is 12.1 Å². The zero-order chi connectivity index (χ0) is 15.1. The van der Waals surface area contributed by atoms with Crippen molar-refractivity contribution in [1.29, 1.82) is 0 Å². The molecule has 6 heteroatoms. The van der Waals surface area contributed by atoms with E-state index >= 15 is 0 Å². The van der Waals surface area contributed by atoms with Crippen molar-refractivity contribution in [2.45, 2.75) is 6.17 Å². The molecule has 0 fully saturated rings. The number of rotatable bonds is 2. The average molecular weight is 298 g/mol. The van der Waals surface area contributed by atoms with Crippen LogP contribution in [0.5, 0.6) is 17.2 Å². The minimum absolute atomic E-state index is 0.115. The van der Waals surface area contributed by atoms with Crippen LogP contribution in [-0.2, 0) is 0 Å². The summed E-state index contributed by atoms with van der Waals surface area (Å²) in [6.45, 7) is 0.169. The first-order valence-corrected chi connectivity index (χ1v) is 6.90. The molecule has 0 spiro atoms. The van der Waals surface area contributed by atoms with E-state index in [0.717, 1.165) is 11.3 Å². The summed E-state index contributed by atoms with van der Waals surface area (Å²) in [5, 5.41) is 6.23. The van der Waals surface area contributed by atoms with Gasteiger partial charge < -0.3 is 24.8 Å². The van der Waals surface area contributed by atoms with Crippen LogP contribution in [0.2, 0.25) is 0 Å². The molecule has 0 radical (unpaired) electrons. The number of anilines is 1. The third-order valence-electron chi connectivity index (χ3n) is 3.76. The third kappa shape index (κ3) is 1.92. The van der Waals surface area contributed by atoms with E-state index in [-0.39, 0.29) is 18.9 Å². The minimum Gasteiger partial charge on any atom is -0.493 e. The van der Waals surface area contributed by atoms with Crippen molar-refractivity contribution in [3.63, 3.8) is 0 Å². The van der Waals surface area contributed by atoms with Crippen molar-refractivity contribution >= 4 is 11.6 Å². The fourth-order valence-corrected chi connectivity index (χ4v) is 2.69. The summed E-state index contributed by atoms with van der Waals surface area (Å²) < 4.78 is 16.2. The summed E-state index contributed by atoms with van der Waals surface area (Å²) in [5.41, 5.74) is 2.27. The van der Waals surface area contributed by atoms with Crippen molar-refractivity contribution < 1.29 is 19.0 Å². The summed E-state index contributed by atoms with van der Waals surface area (Å²) in [6.07, 6.45) is -0.356. The number of methoxy groups -OCH3 is 1. The summed E-state index contributed by atoms with van der Waals surface area (Å²) in [5.74, 6) is 1.67. The smallest absolute Gasteiger partial charge is 0.255 e. The molecule has 2 aromatic carbocycles. The molecule has 1 amide bonds. The van der Waals surface area contributed by atoms with Crippen molar-refractivity contribution in [3.8, 4) is 17.2 Å². The van der Waals surface area contributed by atoms with Gasteiger partial charge in [0, 0.05) is 11.3 Å². The number of benzene rings is 2. The van der Waals surface area contributed by atoms with E-state index in [1.54, 1.807) is 13.2 Å². The van der Waals surface area contributed by atoms with Crippen molar-refractivity contribution in [2.24, 2.45) is 0 Å². The van der Waals surface area contributed by atoms with E-state index in [4.69, 9.17) is 14.2 Å². The SMILES string of the molecule is COc1cc([C@H]2NC(=O)c3ccccc3N2)cc2c1OCO2. The molecule has 4 rings (SSSR count). The van der Waals surface area contributed by atoms with Gasteiger partial charge in [-0.25, -0.2) is 0 Å². The average Bonchev–Trinajstić information content (AvgIpc) is 3.02. The first-order valence-electron chi connectivity index (χ1n) is 6.90. The summed E-state index contributed by atoms with van der Waals surface area (Å²) in [7, 11) is 1.57. The molecular formula is C16H14N2O4. The molecule has 2 heterocycles. The lowest BCUT2D eigenvalue weighted by Gasteiger charge is -2.28. The molecule has 0 bridgehead atoms. The molecular weight excluding hydrogens is 284 g/mol. The molecule has 0 aliphatic carbocycles. The van der Waals surface area contributed by atoms with Crippen LogP contribution >= 0.6 is 0 Å². The lowest BCUT2D eigenvalue weighted by Crippen LogP contribution is -2.38. The van der Waals surface area contributed by atoms with E-state index in [1.165, 1.54) is 0 Å².